The van der Waals surface area contributed by atoms with Crippen molar-refractivity contribution in [2.75, 3.05) is 23.8 Å². The smallest absolute Gasteiger partial charge is 0.411 e. The standard InChI is InChI=1S/C23H30N2O6/c1-16(12-13-30-21(28)24-17-4-8-19(26)9-5-17)14-23(2,3)15-31-22(29)25-18-6-10-20(27)11-7-18/h4-11,16,26-27H,12-15H2,1-3H3,(H,24,28)(H,25,29). The number of hydrogen-bond acceptors (Lipinski definition) is 6. The highest BCUT2D eigenvalue weighted by Crippen LogP contribution is 2.28. The van der Waals surface area contributed by atoms with Crippen molar-refractivity contribution < 1.29 is 29.3 Å². The number of hydrogen-bond donors (Lipinski definition) is 4. The molecule has 2 rings (SSSR count). The Bertz CT molecular complexity index is 849. The first-order chi connectivity index (χ1) is 14.6. The molecule has 0 bridgehead atoms. The van der Waals surface area contributed by atoms with Crippen LogP contribution in [0.4, 0.5) is 21.0 Å². The number of phenols is 2. The number of amides is 2. The number of anilines is 2. The SMILES string of the molecule is CC(CCOC(=O)Nc1ccc(O)cc1)CC(C)(C)COC(=O)Nc1ccc(O)cc1. The molecule has 8 nitrogen and oxygen atoms in total. The molecule has 0 heterocycles. The third-order valence-corrected chi connectivity index (χ3v) is 4.57. The van der Waals surface area contributed by atoms with E-state index in [1.807, 2.05) is 13.8 Å². The summed E-state index contributed by atoms with van der Waals surface area (Å²) in [6, 6.07) is 12.3. The number of benzene rings is 2. The fraction of sp³-hybridized carbons (Fsp3) is 0.391. The summed E-state index contributed by atoms with van der Waals surface area (Å²) in [5, 5.41) is 23.7. The molecule has 0 aromatic heterocycles. The molecular weight excluding hydrogens is 400 g/mol. The van der Waals surface area contributed by atoms with Crippen LogP contribution in [0.25, 0.3) is 0 Å². The Morgan fingerprint density at radius 3 is 1.81 bits per heavy atom. The van der Waals surface area contributed by atoms with Crippen LogP contribution in [0.3, 0.4) is 0 Å². The molecule has 0 radical (unpaired) electrons. The Kier molecular flexibility index (Phi) is 8.54. The molecule has 2 aromatic rings. The van der Waals surface area contributed by atoms with Gasteiger partial charge in [0.1, 0.15) is 11.5 Å². The summed E-state index contributed by atoms with van der Waals surface area (Å²) < 4.78 is 10.5. The minimum absolute atomic E-state index is 0.121. The van der Waals surface area contributed by atoms with Gasteiger partial charge < -0.3 is 19.7 Å². The Balaban J connectivity index is 1.65. The predicted molar refractivity (Wildman–Crippen MR) is 118 cm³/mol. The average Bonchev–Trinajstić information content (AvgIpc) is 2.70. The van der Waals surface area contributed by atoms with E-state index in [4.69, 9.17) is 9.47 Å². The fourth-order valence-electron chi connectivity index (χ4n) is 3.12. The largest absolute Gasteiger partial charge is 0.508 e. The van der Waals surface area contributed by atoms with Crippen molar-refractivity contribution in [1.29, 1.82) is 0 Å². The maximum Gasteiger partial charge on any atom is 0.411 e. The molecule has 0 aliphatic carbocycles. The average molecular weight is 431 g/mol. The fourth-order valence-corrected chi connectivity index (χ4v) is 3.12. The van der Waals surface area contributed by atoms with E-state index in [0.717, 1.165) is 6.42 Å². The number of carbonyl (C=O) groups is 2. The molecule has 4 N–H and O–H groups in total. The van der Waals surface area contributed by atoms with Crippen molar-refractivity contribution in [3.8, 4) is 11.5 Å². The molecule has 1 atom stereocenters. The van der Waals surface area contributed by atoms with Gasteiger partial charge in [0.05, 0.1) is 13.2 Å². The zero-order valence-corrected chi connectivity index (χ0v) is 18.1. The molecule has 0 spiro atoms. The van der Waals surface area contributed by atoms with Crippen molar-refractivity contribution >= 4 is 23.6 Å². The van der Waals surface area contributed by atoms with Crippen LogP contribution >= 0.6 is 0 Å². The van der Waals surface area contributed by atoms with E-state index < -0.39 is 12.2 Å². The minimum Gasteiger partial charge on any atom is -0.508 e. The van der Waals surface area contributed by atoms with Gasteiger partial charge >= 0.3 is 12.2 Å². The quantitative estimate of drug-likeness (QED) is 0.399. The van der Waals surface area contributed by atoms with Crippen LogP contribution in [-0.4, -0.2) is 35.6 Å². The lowest BCUT2D eigenvalue weighted by molar-refractivity contribution is 0.0910. The van der Waals surface area contributed by atoms with Gasteiger partial charge in [0, 0.05) is 11.4 Å². The number of phenolic OH excluding ortho intramolecular Hbond substituents is 2. The maximum absolute atomic E-state index is 12.0. The summed E-state index contributed by atoms with van der Waals surface area (Å²) in [5.41, 5.74) is 0.830. The molecule has 8 heteroatoms. The molecule has 168 valence electrons. The van der Waals surface area contributed by atoms with E-state index in [2.05, 4.69) is 17.6 Å². The molecule has 1 unspecified atom stereocenters. The van der Waals surface area contributed by atoms with Gasteiger partial charge in [0.2, 0.25) is 0 Å². The number of rotatable bonds is 9. The van der Waals surface area contributed by atoms with Crippen LogP contribution in [0.15, 0.2) is 48.5 Å². The van der Waals surface area contributed by atoms with Crippen molar-refractivity contribution in [2.45, 2.75) is 33.6 Å². The lowest BCUT2D eigenvalue weighted by Gasteiger charge is -2.27. The third kappa shape index (κ3) is 9.29. The second kappa shape index (κ2) is 11.1. The Morgan fingerprint density at radius 2 is 1.32 bits per heavy atom. The van der Waals surface area contributed by atoms with Gasteiger partial charge in [0.25, 0.3) is 0 Å². The zero-order chi connectivity index (χ0) is 22.9. The van der Waals surface area contributed by atoms with E-state index in [9.17, 15) is 19.8 Å². The van der Waals surface area contributed by atoms with E-state index in [-0.39, 0.29) is 36.0 Å². The molecule has 0 saturated heterocycles. The molecule has 2 amide bonds. The molecule has 0 aliphatic rings. The summed E-state index contributed by atoms with van der Waals surface area (Å²) in [5.74, 6) is 0.494. The number of aromatic hydroxyl groups is 2. The molecule has 0 aliphatic heterocycles. The minimum atomic E-state index is -0.555. The molecular formula is C23H30N2O6. The van der Waals surface area contributed by atoms with Crippen LogP contribution in [-0.2, 0) is 9.47 Å². The molecule has 2 aromatic carbocycles. The number of carbonyl (C=O) groups excluding carboxylic acids is 2. The highest BCUT2D eigenvalue weighted by atomic mass is 16.6. The van der Waals surface area contributed by atoms with Crippen LogP contribution in [0.1, 0.15) is 33.6 Å². The van der Waals surface area contributed by atoms with Crippen LogP contribution < -0.4 is 10.6 Å². The highest BCUT2D eigenvalue weighted by Gasteiger charge is 2.23. The van der Waals surface area contributed by atoms with E-state index in [1.54, 1.807) is 24.3 Å². The zero-order valence-electron chi connectivity index (χ0n) is 18.1. The van der Waals surface area contributed by atoms with Gasteiger partial charge in [-0.1, -0.05) is 20.8 Å². The van der Waals surface area contributed by atoms with Crippen LogP contribution in [0, 0.1) is 11.3 Å². The van der Waals surface area contributed by atoms with E-state index in [1.165, 1.54) is 24.3 Å². The van der Waals surface area contributed by atoms with Crippen molar-refractivity contribution in [2.24, 2.45) is 11.3 Å². The van der Waals surface area contributed by atoms with Gasteiger partial charge in [-0.2, -0.15) is 0 Å². The van der Waals surface area contributed by atoms with Gasteiger partial charge in [-0.25, -0.2) is 9.59 Å². The first-order valence-electron chi connectivity index (χ1n) is 10.1. The Morgan fingerprint density at radius 1 is 0.871 bits per heavy atom. The lowest BCUT2D eigenvalue weighted by atomic mass is 9.83. The number of ether oxygens (including phenoxy) is 2. The molecule has 0 fully saturated rings. The molecule has 31 heavy (non-hydrogen) atoms. The normalized spacial score (nSPS) is 12.0. The van der Waals surface area contributed by atoms with Gasteiger partial charge in [0.15, 0.2) is 0 Å². The van der Waals surface area contributed by atoms with Gasteiger partial charge in [-0.15, -0.1) is 0 Å². The van der Waals surface area contributed by atoms with E-state index >= 15 is 0 Å². The summed E-state index contributed by atoms with van der Waals surface area (Å²) in [6.45, 7) is 6.58. The second-order valence-electron chi connectivity index (χ2n) is 8.32. The Hall–Kier alpha value is -3.42. The van der Waals surface area contributed by atoms with Crippen LogP contribution in [0.5, 0.6) is 11.5 Å². The van der Waals surface area contributed by atoms with Gasteiger partial charge in [-0.3, -0.25) is 10.6 Å². The summed E-state index contributed by atoms with van der Waals surface area (Å²) in [4.78, 5) is 23.8. The summed E-state index contributed by atoms with van der Waals surface area (Å²) >= 11 is 0. The molecule has 0 saturated carbocycles. The highest BCUT2D eigenvalue weighted by molar-refractivity contribution is 5.85. The Labute approximate surface area is 182 Å². The first kappa shape index (κ1) is 23.9. The number of nitrogens with one attached hydrogen (secondary N) is 2. The summed E-state index contributed by atoms with van der Waals surface area (Å²) in [6.07, 6.45) is 0.348. The van der Waals surface area contributed by atoms with Crippen LogP contribution in [0.2, 0.25) is 0 Å². The second-order valence-corrected chi connectivity index (χ2v) is 8.32. The third-order valence-electron chi connectivity index (χ3n) is 4.57. The summed E-state index contributed by atoms with van der Waals surface area (Å²) in [7, 11) is 0. The van der Waals surface area contributed by atoms with Gasteiger partial charge in [-0.05, 0) is 72.7 Å². The predicted octanol–water partition coefficient (Wildman–Crippen LogP) is 5.34. The van der Waals surface area contributed by atoms with Crippen molar-refractivity contribution in [1.82, 2.24) is 0 Å². The van der Waals surface area contributed by atoms with E-state index in [0.29, 0.717) is 17.8 Å². The van der Waals surface area contributed by atoms with Crippen molar-refractivity contribution in [3.05, 3.63) is 48.5 Å². The topological polar surface area (TPSA) is 117 Å². The lowest BCUT2D eigenvalue weighted by Crippen LogP contribution is -2.26. The monoisotopic (exact) mass is 430 g/mol. The van der Waals surface area contributed by atoms with Crippen molar-refractivity contribution in [3.63, 3.8) is 0 Å². The maximum atomic E-state index is 12.0. The first-order valence-corrected chi connectivity index (χ1v) is 10.1.